The second kappa shape index (κ2) is 7.41. The van der Waals surface area contributed by atoms with Gasteiger partial charge in [0.25, 0.3) is 5.91 Å². The second-order valence-electron chi connectivity index (χ2n) is 6.95. The fourth-order valence-corrected chi connectivity index (χ4v) is 3.58. The first-order chi connectivity index (χ1) is 12.2. The molecule has 3 heterocycles. The van der Waals surface area contributed by atoms with Crippen LogP contribution in [-0.2, 0) is 23.7 Å². The van der Waals surface area contributed by atoms with Crippen molar-refractivity contribution in [2.75, 3.05) is 26.3 Å². The molecule has 0 saturated carbocycles. The van der Waals surface area contributed by atoms with E-state index in [9.17, 15) is 4.79 Å². The molecular formula is C19H25NO5. The first-order valence-corrected chi connectivity index (χ1v) is 9.08. The molecule has 136 valence electrons. The number of nitrogens with zero attached hydrogens (tertiary/aromatic N) is 1. The molecule has 3 aliphatic rings. The van der Waals surface area contributed by atoms with Crippen molar-refractivity contribution in [3.05, 3.63) is 35.9 Å². The zero-order chi connectivity index (χ0) is 17.2. The predicted molar refractivity (Wildman–Crippen MR) is 89.9 cm³/mol. The minimum atomic E-state index is -0.345. The quantitative estimate of drug-likeness (QED) is 0.779. The van der Waals surface area contributed by atoms with Crippen molar-refractivity contribution >= 4 is 5.91 Å². The van der Waals surface area contributed by atoms with Gasteiger partial charge in [0.05, 0.1) is 31.5 Å². The van der Waals surface area contributed by atoms with E-state index in [0.717, 1.165) is 18.4 Å². The molecule has 0 unspecified atom stereocenters. The zero-order valence-electron chi connectivity index (χ0n) is 14.5. The molecule has 1 aromatic rings. The van der Waals surface area contributed by atoms with E-state index in [4.69, 9.17) is 18.9 Å². The van der Waals surface area contributed by atoms with Gasteiger partial charge in [0.2, 0.25) is 0 Å². The van der Waals surface area contributed by atoms with Crippen LogP contribution in [0.5, 0.6) is 0 Å². The molecule has 0 aliphatic carbocycles. The zero-order valence-corrected chi connectivity index (χ0v) is 14.5. The van der Waals surface area contributed by atoms with Crippen molar-refractivity contribution in [1.82, 2.24) is 4.90 Å². The molecule has 3 fully saturated rings. The van der Waals surface area contributed by atoms with Crippen LogP contribution in [-0.4, -0.2) is 61.5 Å². The highest BCUT2D eigenvalue weighted by atomic mass is 16.7. The van der Waals surface area contributed by atoms with E-state index < -0.39 is 0 Å². The van der Waals surface area contributed by atoms with E-state index in [2.05, 4.69) is 6.92 Å². The lowest BCUT2D eigenvalue weighted by Crippen LogP contribution is -2.43. The van der Waals surface area contributed by atoms with Crippen molar-refractivity contribution in [3.63, 3.8) is 0 Å². The predicted octanol–water partition coefficient (Wildman–Crippen LogP) is 1.90. The Kier molecular flexibility index (Phi) is 5.03. The average Bonchev–Trinajstić information content (AvgIpc) is 3.41. The summed E-state index contributed by atoms with van der Waals surface area (Å²) in [4.78, 5) is 14.3. The molecule has 3 saturated heterocycles. The van der Waals surface area contributed by atoms with Crippen LogP contribution >= 0.6 is 0 Å². The minimum absolute atomic E-state index is 0.0398. The number of epoxide rings is 1. The molecule has 0 radical (unpaired) electrons. The van der Waals surface area contributed by atoms with E-state index in [-0.39, 0.29) is 36.6 Å². The van der Waals surface area contributed by atoms with Crippen LogP contribution in [0.4, 0.5) is 0 Å². The number of hydrogen-bond donors (Lipinski definition) is 0. The van der Waals surface area contributed by atoms with Gasteiger partial charge in [-0.25, -0.2) is 0 Å². The normalized spacial score (nSPS) is 35.4. The van der Waals surface area contributed by atoms with Gasteiger partial charge < -0.3 is 23.8 Å². The van der Waals surface area contributed by atoms with Gasteiger partial charge in [-0.2, -0.15) is 0 Å². The van der Waals surface area contributed by atoms with E-state index >= 15 is 0 Å². The highest BCUT2D eigenvalue weighted by Gasteiger charge is 2.48. The van der Waals surface area contributed by atoms with Crippen molar-refractivity contribution in [2.24, 2.45) is 0 Å². The number of carbonyl (C=O) groups excluding carboxylic acids is 1. The molecular weight excluding hydrogens is 322 g/mol. The second-order valence-corrected chi connectivity index (χ2v) is 6.95. The van der Waals surface area contributed by atoms with E-state index in [1.165, 1.54) is 0 Å². The van der Waals surface area contributed by atoms with Crippen LogP contribution < -0.4 is 0 Å². The lowest BCUT2D eigenvalue weighted by atomic mass is 10.0. The lowest BCUT2D eigenvalue weighted by molar-refractivity contribution is -0.245. The molecule has 5 atom stereocenters. The third-order valence-electron chi connectivity index (χ3n) is 4.98. The van der Waals surface area contributed by atoms with Crippen LogP contribution in [0.3, 0.4) is 0 Å². The summed E-state index contributed by atoms with van der Waals surface area (Å²) < 4.78 is 23.0. The summed E-state index contributed by atoms with van der Waals surface area (Å²) in [5, 5.41) is 0. The SMILES string of the molecule is C[C@H]1C[C@@H](C[C@@H]2O[C@H]2C(=O)N2CCOCC2)O[C@@H](c2ccccc2)O1. The van der Waals surface area contributed by atoms with Crippen LogP contribution in [0.25, 0.3) is 0 Å². The number of hydrogen-bond acceptors (Lipinski definition) is 5. The van der Waals surface area contributed by atoms with Gasteiger partial charge in [-0.15, -0.1) is 0 Å². The monoisotopic (exact) mass is 347 g/mol. The van der Waals surface area contributed by atoms with Crippen molar-refractivity contribution < 1.29 is 23.7 Å². The third kappa shape index (κ3) is 4.03. The number of ether oxygens (including phenoxy) is 4. The molecule has 0 spiro atoms. The van der Waals surface area contributed by atoms with Crippen LogP contribution in [0.2, 0.25) is 0 Å². The van der Waals surface area contributed by atoms with Crippen LogP contribution in [0.15, 0.2) is 30.3 Å². The summed E-state index contributed by atoms with van der Waals surface area (Å²) in [5.74, 6) is 0.0908. The van der Waals surface area contributed by atoms with Gasteiger partial charge in [0.1, 0.15) is 0 Å². The molecule has 1 amide bonds. The Morgan fingerprint density at radius 2 is 1.88 bits per heavy atom. The summed E-state index contributed by atoms with van der Waals surface area (Å²) in [5.41, 5.74) is 1.02. The molecule has 0 N–H and O–H groups in total. The first-order valence-electron chi connectivity index (χ1n) is 9.08. The Bertz CT molecular complexity index is 589. The molecule has 0 aromatic heterocycles. The summed E-state index contributed by atoms with van der Waals surface area (Å²) in [6, 6.07) is 9.97. The molecule has 6 nitrogen and oxygen atoms in total. The van der Waals surface area contributed by atoms with Crippen LogP contribution in [0.1, 0.15) is 31.6 Å². The van der Waals surface area contributed by atoms with E-state index in [1.807, 2.05) is 35.2 Å². The summed E-state index contributed by atoms with van der Waals surface area (Å²) in [6.45, 7) is 4.61. The van der Waals surface area contributed by atoms with Crippen molar-refractivity contribution in [3.8, 4) is 0 Å². The molecule has 6 heteroatoms. The Hall–Kier alpha value is -1.47. The maximum Gasteiger partial charge on any atom is 0.254 e. The number of benzene rings is 1. The summed E-state index contributed by atoms with van der Waals surface area (Å²) in [6.07, 6.45) is 1.02. The maximum atomic E-state index is 12.4. The first kappa shape index (κ1) is 17.0. The topological polar surface area (TPSA) is 60.5 Å². The Labute approximate surface area is 148 Å². The smallest absolute Gasteiger partial charge is 0.254 e. The van der Waals surface area contributed by atoms with Gasteiger partial charge in [0.15, 0.2) is 12.4 Å². The molecule has 4 rings (SSSR count). The largest absolute Gasteiger partial charge is 0.378 e. The van der Waals surface area contributed by atoms with Gasteiger partial charge in [-0.3, -0.25) is 4.79 Å². The Morgan fingerprint density at radius 1 is 1.12 bits per heavy atom. The fourth-order valence-electron chi connectivity index (χ4n) is 3.58. The van der Waals surface area contributed by atoms with Gasteiger partial charge >= 0.3 is 0 Å². The molecule has 1 aromatic carbocycles. The Morgan fingerprint density at radius 3 is 2.64 bits per heavy atom. The van der Waals surface area contributed by atoms with E-state index in [0.29, 0.717) is 26.3 Å². The maximum absolute atomic E-state index is 12.4. The van der Waals surface area contributed by atoms with E-state index in [1.54, 1.807) is 0 Å². The summed E-state index contributed by atoms with van der Waals surface area (Å²) >= 11 is 0. The highest BCUT2D eigenvalue weighted by Crippen LogP contribution is 2.36. The standard InChI is InChI=1S/C19H25NO5/c1-13-11-15(24-19(23-13)14-5-3-2-4-6-14)12-16-17(25-16)18(21)20-7-9-22-10-8-20/h2-6,13,15-17,19H,7-12H2,1H3/t13-,15-,16-,17+,19-/m0/s1. The van der Waals surface area contributed by atoms with Crippen molar-refractivity contribution in [1.29, 1.82) is 0 Å². The van der Waals surface area contributed by atoms with Gasteiger partial charge in [-0.1, -0.05) is 30.3 Å². The highest BCUT2D eigenvalue weighted by molar-refractivity contribution is 5.83. The van der Waals surface area contributed by atoms with Gasteiger partial charge in [0, 0.05) is 25.1 Å². The number of carbonyl (C=O) groups is 1. The lowest BCUT2D eigenvalue weighted by Gasteiger charge is -2.34. The number of amides is 1. The molecule has 0 bridgehead atoms. The Balaban J connectivity index is 1.31. The molecule has 3 aliphatic heterocycles. The average molecular weight is 347 g/mol. The van der Waals surface area contributed by atoms with Gasteiger partial charge in [-0.05, 0) is 13.3 Å². The minimum Gasteiger partial charge on any atom is -0.378 e. The summed E-state index contributed by atoms with van der Waals surface area (Å²) in [7, 11) is 0. The third-order valence-corrected chi connectivity index (χ3v) is 4.98. The number of rotatable bonds is 4. The van der Waals surface area contributed by atoms with Crippen LogP contribution in [0, 0.1) is 0 Å². The number of morpholine rings is 1. The fraction of sp³-hybridized carbons (Fsp3) is 0.632. The molecule has 25 heavy (non-hydrogen) atoms. The van der Waals surface area contributed by atoms with Crippen molar-refractivity contribution in [2.45, 2.75) is 50.5 Å².